The summed E-state index contributed by atoms with van der Waals surface area (Å²) >= 11 is 9.40. The van der Waals surface area contributed by atoms with E-state index in [4.69, 9.17) is 11.6 Å². The Kier molecular flexibility index (Phi) is 4.43. The average Bonchev–Trinajstić information content (AvgIpc) is 2.82. The fourth-order valence-electron chi connectivity index (χ4n) is 1.76. The molecule has 0 fully saturated rings. The Labute approximate surface area is 120 Å². The number of nitrogens with one attached hydrogen (secondary N) is 2. The Hall–Kier alpha value is -0.840. The SMILES string of the molecule is CCNC(C)c1cnc(-c2ccc(Cl)c(Br)c2)[nH]1. The predicted molar refractivity (Wildman–Crippen MR) is 78.8 cm³/mol. The summed E-state index contributed by atoms with van der Waals surface area (Å²) in [7, 11) is 0. The van der Waals surface area contributed by atoms with Crippen molar-refractivity contribution in [1.29, 1.82) is 0 Å². The largest absolute Gasteiger partial charge is 0.341 e. The van der Waals surface area contributed by atoms with E-state index in [0.717, 1.165) is 28.1 Å². The van der Waals surface area contributed by atoms with E-state index in [2.05, 4.69) is 45.1 Å². The Balaban J connectivity index is 2.26. The molecule has 5 heteroatoms. The highest BCUT2D eigenvalue weighted by molar-refractivity contribution is 9.10. The van der Waals surface area contributed by atoms with Crippen LogP contribution in [0.15, 0.2) is 28.9 Å². The predicted octanol–water partition coefficient (Wildman–Crippen LogP) is 4.16. The monoisotopic (exact) mass is 327 g/mol. The molecule has 96 valence electrons. The number of benzene rings is 1. The summed E-state index contributed by atoms with van der Waals surface area (Å²) in [6.07, 6.45) is 1.87. The van der Waals surface area contributed by atoms with Crippen molar-refractivity contribution >= 4 is 27.5 Å². The fourth-order valence-corrected chi connectivity index (χ4v) is 2.26. The van der Waals surface area contributed by atoms with Gasteiger partial charge in [0.05, 0.1) is 16.9 Å². The summed E-state index contributed by atoms with van der Waals surface area (Å²) in [4.78, 5) is 7.72. The van der Waals surface area contributed by atoms with Crippen LogP contribution in [0.5, 0.6) is 0 Å². The highest BCUT2D eigenvalue weighted by Crippen LogP contribution is 2.27. The molecule has 2 aromatic rings. The molecular formula is C13H15BrClN3. The zero-order valence-electron chi connectivity index (χ0n) is 10.3. The zero-order chi connectivity index (χ0) is 13.1. The van der Waals surface area contributed by atoms with E-state index >= 15 is 0 Å². The first-order chi connectivity index (χ1) is 8.61. The third-order valence-corrected chi connectivity index (χ3v) is 3.98. The second kappa shape index (κ2) is 5.87. The number of hydrogen-bond acceptors (Lipinski definition) is 2. The summed E-state index contributed by atoms with van der Waals surface area (Å²) < 4.78 is 0.874. The van der Waals surface area contributed by atoms with Gasteiger partial charge in [0, 0.05) is 16.1 Å². The normalized spacial score (nSPS) is 12.7. The highest BCUT2D eigenvalue weighted by atomic mass is 79.9. The Morgan fingerprint density at radius 2 is 2.28 bits per heavy atom. The topological polar surface area (TPSA) is 40.7 Å². The molecule has 2 N–H and O–H groups in total. The van der Waals surface area contributed by atoms with Crippen LogP contribution in [-0.4, -0.2) is 16.5 Å². The lowest BCUT2D eigenvalue weighted by atomic mass is 10.2. The second-order valence-corrected chi connectivity index (χ2v) is 5.36. The first kappa shape index (κ1) is 13.6. The maximum Gasteiger partial charge on any atom is 0.137 e. The lowest BCUT2D eigenvalue weighted by molar-refractivity contribution is 0.586. The van der Waals surface area contributed by atoms with E-state index in [9.17, 15) is 0 Å². The van der Waals surface area contributed by atoms with Crippen LogP contribution in [0.25, 0.3) is 11.4 Å². The standard InChI is InChI=1S/C13H15BrClN3/c1-3-16-8(2)12-7-17-13(18-12)9-4-5-11(15)10(14)6-9/h4-8,16H,3H2,1-2H3,(H,17,18). The molecule has 0 saturated carbocycles. The molecule has 0 spiro atoms. The van der Waals surface area contributed by atoms with E-state index in [1.807, 2.05) is 24.4 Å². The summed E-state index contributed by atoms with van der Waals surface area (Å²) in [5, 5.41) is 4.05. The van der Waals surface area contributed by atoms with Crippen molar-refractivity contribution in [2.75, 3.05) is 6.54 Å². The van der Waals surface area contributed by atoms with Crippen LogP contribution in [-0.2, 0) is 0 Å². The molecule has 1 atom stereocenters. The van der Waals surface area contributed by atoms with Gasteiger partial charge >= 0.3 is 0 Å². The van der Waals surface area contributed by atoms with Crippen molar-refractivity contribution in [1.82, 2.24) is 15.3 Å². The van der Waals surface area contributed by atoms with Gasteiger partial charge < -0.3 is 10.3 Å². The average molecular weight is 329 g/mol. The van der Waals surface area contributed by atoms with E-state index in [1.165, 1.54) is 0 Å². The number of imidazole rings is 1. The summed E-state index contributed by atoms with van der Waals surface area (Å²) in [6.45, 7) is 5.13. The summed E-state index contributed by atoms with van der Waals surface area (Å²) in [5.41, 5.74) is 2.10. The molecule has 1 unspecified atom stereocenters. The van der Waals surface area contributed by atoms with Gasteiger partial charge in [-0.2, -0.15) is 0 Å². The van der Waals surface area contributed by atoms with E-state index in [-0.39, 0.29) is 6.04 Å². The molecule has 0 aliphatic rings. The minimum absolute atomic E-state index is 0.270. The number of H-pyrrole nitrogens is 1. The molecule has 0 radical (unpaired) electrons. The minimum atomic E-state index is 0.270. The van der Waals surface area contributed by atoms with Crippen molar-refractivity contribution < 1.29 is 0 Å². The van der Waals surface area contributed by atoms with Crippen molar-refractivity contribution in [3.8, 4) is 11.4 Å². The smallest absolute Gasteiger partial charge is 0.137 e. The molecule has 0 amide bonds. The third-order valence-electron chi connectivity index (χ3n) is 2.77. The maximum atomic E-state index is 5.98. The first-order valence-corrected chi connectivity index (χ1v) is 7.02. The van der Waals surface area contributed by atoms with Gasteiger partial charge in [-0.25, -0.2) is 4.98 Å². The molecule has 2 rings (SSSR count). The lowest BCUT2D eigenvalue weighted by Crippen LogP contribution is -2.17. The molecule has 1 aromatic heterocycles. The van der Waals surface area contributed by atoms with Gasteiger partial charge in [-0.05, 0) is 47.6 Å². The van der Waals surface area contributed by atoms with E-state index < -0.39 is 0 Å². The maximum absolute atomic E-state index is 5.98. The molecule has 0 aliphatic carbocycles. The number of rotatable bonds is 4. The quantitative estimate of drug-likeness (QED) is 0.884. The van der Waals surface area contributed by atoms with Gasteiger partial charge in [0.1, 0.15) is 5.82 Å². The van der Waals surface area contributed by atoms with Gasteiger partial charge in [-0.3, -0.25) is 0 Å². The van der Waals surface area contributed by atoms with Gasteiger partial charge in [-0.15, -0.1) is 0 Å². The zero-order valence-corrected chi connectivity index (χ0v) is 12.6. The van der Waals surface area contributed by atoms with Crippen molar-refractivity contribution in [3.05, 3.63) is 39.6 Å². The first-order valence-electron chi connectivity index (χ1n) is 5.85. The molecule has 0 aliphatic heterocycles. The Morgan fingerprint density at radius 3 is 2.94 bits per heavy atom. The van der Waals surface area contributed by atoms with Gasteiger partial charge in [-0.1, -0.05) is 18.5 Å². The Morgan fingerprint density at radius 1 is 1.50 bits per heavy atom. The molecule has 1 aromatic carbocycles. The molecule has 1 heterocycles. The van der Waals surface area contributed by atoms with Crippen LogP contribution in [0.1, 0.15) is 25.6 Å². The van der Waals surface area contributed by atoms with Crippen LogP contribution < -0.4 is 5.32 Å². The number of halogens is 2. The second-order valence-electron chi connectivity index (χ2n) is 4.10. The lowest BCUT2D eigenvalue weighted by Gasteiger charge is -2.09. The number of hydrogen-bond donors (Lipinski definition) is 2. The summed E-state index contributed by atoms with van der Waals surface area (Å²) in [6, 6.07) is 6.04. The summed E-state index contributed by atoms with van der Waals surface area (Å²) in [5.74, 6) is 0.854. The fraction of sp³-hybridized carbons (Fsp3) is 0.308. The van der Waals surface area contributed by atoms with E-state index in [1.54, 1.807) is 0 Å². The number of aromatic amines is 1. The molecule has 0 saturated heterocycles. The minimum Gasteiger partial charge on any atom is -0.341 e. The van der Waals surface area contributed by atoms with Crippen LogP contribution in [0, 0.1) is 0 Å². The Bertz CT molecular complexity index is 539. The number of aromatic nitrogens is 2. The molecular weight excluding hydrogens is 314 g/mol. The van der Waals surface area contributed by atoms with Gasteiger partial charge in [0.15, 0.2) is 0 Å². The van der Waals surface area contributed by atoms with Crippen LogP contribution in [0.2, 0.25) is 5.02 Å². The van der Waals surface area contributed by atoms with Crippen molar-refractivity contribution in [2.45, 2.75) is 19.9 Å². The van der Waals surface area contributed by atoms with E-state index in [0.29, 0.717) is 5.02 Å². The van der Waals surface area contributed by atoms with Crippen LogP contribution >= 0.6 is 27.5 Å². The van der Waals surface area contributed by atoms with Gasteiger partial charge in [0.25, 0.3) is 0 Å². The van der Waals surface area contributed by atoms with Crippen LogP contribution in [0.3, 0.4) is 0 Å². The third kappa shape index (κ3) is 2.94. The van der Waals surface area contributed by atoms with Crippen molar-refractivity contribution in [2.24, 2.45) is 0 Å². The van der Waals surface area contributed by atoms with Crippen molar-refractivity contribution in [3.63, 3.8) is 0 Å². The van der Waals surface area contributed by atoms with Gasteiger partial charge in [0.2, 0.25) is 0 Å². The van der Waals surface area contributed by atoms with Crippen LogP contribution in [0.4, 0.5) is 0 Å². The number of nitrogens with zero attached hydrogens (tertiary/aromatic N) is 1. The highest BCUT2D eigenvalue weighted by Gasteiger charge is 2.09. The molecule has 3 nitrogen and oxygen atoms in total. The molecule has 18 heavy (non-hydrogen) atoms. The molecule has 0 bridgehead atoms.